The quantitative estimate of drug-likeness (QED) is 0.569. The van der Waals surface area contributed by atoms with Gasteiger partial charge in [0.05, 0.1) is 5.57 Å². The van der Waals surface area contributed by atoms with Crippen molar-refractivity contribution in [2.45, 2.75) is 20.3 Å². The van der Waals surface area contributed by atoms with E-state index in [1.807, 2.05) is 55.6 Å². The molecule has 1 aromatic carbocycles. The number of anilines is 1. The number of nitrogens with zero attached hydrogens (tertiary/aromatic N) is 1. The Balaban J connectivity index is 1.88. The van der Waals surface area contributed by atoms with Crippen molar-refractivity contribution in [2.24, 2.45) is 0 Å². The van der Waals surface area contributed by atoms with Crippen LogP contribution < -0.4 is 5.32 Å². The third kappa shape index (κ3) is 3.86. The number of hydrogen-bond acceptors (Lipinski definition) is 5. The van der Waals surface area contributed by atoms with Gasteiger partial charge in [0, 0.05) is 30.3 Å². The summed E-state index contributed by atoms with van der Waals surface area (Å²) in [4.78, 5) is 28.0. The van der Waals surface area contributed by atoms with E-state index in [1.165, 1.54) is 16.2 Å². The van der Waals surface area contributed by atoms with Gasteiger partial charge in [-0.25, -0.2) is 0 Å². The molecule has 136 valence electrons. The molecule has 26 heavy (non-hydrogen) atoms. The zero-order valence-electron chi connectivity index (χ0n) is 15.0. The minimum atomic E-state index is -0.281. The van der Waals surface area contributed by atoms with Crippen LogP contribution in [0, 0.1) is 6.92 Å². The lowest BCUT2D eigenvalue weighted by Crippen LogP contribution is -2.33. The molecule has 0 atom stereocenters. The molecule has 1 N–H and O–H groups in total. The summed E-state index contributed by atoms with van der Waals surface area (Å²) in [6.45, 7) is 5.42. The lowest BCUT2D eigenvalue weighted by molar-refractivity contribution is -0.137. The number of rotatable bonds is 8. The predicted molar refractivity (Wildman–Crippen MR) is 104 cm³/mol. The lowest BCUT2D eigenvalue weighted by atomic mass is 10.1. The molecule has 3 rings (SSSR count). The monoisotopic (exact) mass is 370 g/mol. The second kappa shape index (κ2) is 8.29. The van der Waals surface area contributed by atoms with Crippen molar-refractivity contribution in [3.05, 3.63) is 57.9 Å². The van der Waals surface area contributed by atoms with Gasteiger partial charge in [-0.1, -0.05) is 18.2 Å². The molecule has 5 nitrogen and oxygen atoms in total. The SMILES string of the molecule is CCOCCCN1C(=O)C(Nc2cccc(C)c2)=C(c2cccs2)C1=O. The number of thiophene rings is 1. The van der Waals surface area contributed by atoms with Crippen LogP contribution in [0.2, 0.25) is 0 Å². The van der Waals surface area contributed by atoms with E-state index in [2.05, 4.69) is 5.32 Å². The second-order valence-corrected chi connectivity index (χ2v) is 6.98. The molecule has 0 radical (unpaired) electrons. The number of benzene rings is 1. The number of hydrogen-bond donors (Lipinski definition) is 1. The van der Waals surface area contributed by atoms with Crippen LogP contribution in [-0.2, 0) is 14.3 Å². The lowest BCUT2D eigenvalue weighted by Gasteiger charge is -2.15. The number of aryl methyl sites for hydroxylation is 1. The van der Waals surface area contributed by atoms with Crippen molar-refractivity contribution in [3.8, 4) is 0 Å². The molecule has 6 heteroatoms. The standard InChI is InChI=1S/C20H22N2O3S/c1-3-25-11-6-10-22-19(23)17(16-9-5-12-26-16)18(20(22)24)21-15-8-4-7-14(2)13-15/h4-5,7-9,12-13,21H,3,6,10-11H2,1-2H3. The highest BCUT2D eigenvalue weighted by atomic mass is 32.1. The van der Waals surface area contributed by atoms with Crippen LogP contribution in [0.1, 0.15) is 23.8 Å². The van der Waals surface area contributed by atoms with Crippen LogP contribution in [0.4, 0.5) is 5.69 Å². The topological polar surface area (TPSA) is 58.6 Å². The molecule has 2 amide bonds. The van der Waals surface area contributed by atoms with Crippen LogP contribution >= 0.6 is 11.3 Å². The van der Waals surface area contributed by atoms with Gasteiger partial charge in [0.2, 0.25) is 0 Å². The molecule has 0 unspecified atom stereocenters. The van der Waals surface area contributed by atoms with E-state index in [-0.39, 0.29) is 11.8 Å². The van der Waals surface area contributed by atoms with Gasteiger partial charge < -0.3 is 10.1 Å². The van der Waals surface area contributed by atoms with E-state index in [0.29, 0.717) is 37.4 Å². The minimum absolute atomic E-state index is 0.246. The van der Waals surface area contributed by atoms with Gasteiger partial charge in [0.15, 0.2) is 0 Å². The van der Waals surface area contributed by atoms with Crippen molar-refractivity contribution in [2.75, 3.05) is 25.1 Å². The van der Waals surface area contributed by atoms with Gasteiger partial charge in [0.1, 0.15) is 5.70 Å². The highest BCUT2D eigenvalue weighted by Crippen LogP contribution is 2.33. The van der Waals surface area contributed by atoms with Gasteiger partial charge in [-0.3, -0.25) is 14.5 Å². The van der Waals surface area contributed by atoms with E-state index < -0.39 is 0 Å². The highest BCUT2D eigenvalue weighted by molar-refractivity contribution is 7.11. The van der Waals surface area contributed by atoms with Crippen molar-refractivity contribution in [1.82, 2.24) is 4.90 Å². The fourth-order valence-corrected chi connectivity index (χ4v) is 3.65. The average Bonchev–Trinajstić information content (AvgIpc) is 3.21. The normalized spacial score (nSPS) is 14.5. The number of nitrogens with one attached hydrogen (secondary N) is 1. The first-order valence-electron chi connectivity index (χ1n) is 8.67. The molecule has 1 aromatic heterocycles. The Morgan fingerprint density at radius 1 is 1.15 bits per heavy atom. The van der Waals surface area contributed by atoms with Gasteiger partial charge in [-0.05, 0) is 49.4 Å². The van der Waals surface area contributed by atoms with Crippen LogP contribution in [0.15, 0.2) is 47.5 Å². The molecule has 1 aliphatic rings. The van der Waals surface area contributed by atoms with Gasteiger partial charge >= 0.3 is 0 Å². The second-order valence-electron chi connectivity index (χ2n) is 6.03. The fraction of sp³-hybridized carbons (Fsp3) is 0.300. The molecule has 2 aromatic rings. The highest BCUT2D eigenvalue weighted by Gasteiger charge is 2.39. The zero-order valence-corrected chi connectivity index (χ0v) is 15.8. The summed E-state index contributed by atoms with van der Waals surface area (Å²) < 4.78 is 5.32. The Bertz CT molecular complexity index is 827. The van der Waals surface area contributed by atoms with Crippen molar-refractivity contribution < 1.29 is 14.3 Å². The van der Waals surface area contributed by atoms with E-state index in [0.717, 1.165) is 16.1 Å². The first-order valence-corrected chi connectivity index (χ1v) is 9.55. The molecule has 0 aliphatic carbocycles. The first-order chi connectivity index (χ1) is 12.6. The molecular formula is C20H22N2O3S. The fourth-order valence-electron chi connectivity index (χ4n) is 2.88. The third-order valence-corrected chi connectivity index (χ3v) is 4.98. The Morgan fingerprint density at radius 3 is 2.69 bits per heavy atom. The maximum Gasteiger partial charge on any atom is 0.278 e. The molecule has 0 fully saturated rings. The molecular weight excluding hydrogens is 348 g/mol. The maximum absolute atomic E-state index is 12.9. The van der Waals surface area contributed by atoms with E-state index in [9.17, 15) is 9.59 Å². The van der Waals surface area contributed by atoms with E-state index in [1.54, 1.807) is 0 Å². The summed E-state index contributed by atoms with van der Waals surface area (Å²) in [5.41, 5.74) is 2.67. The minimum Gasteiger partial charge on any atom is -0.382 e. The Labute approximate surface area is 157 Å². The summed E-state index contributed by atoms with van der Waals surface area (Å²) in [5.74, 6) is -0.527. The Morgan fingerprint density at radius 2 is 2.00 bits per heavy atom. The number of imide groups is 1. The van der Waals surface area contributed by atoms with Crippen LogP contribution in [0.5, 0.6) is 0 Å². The predicted octanol–water partition coefficient (Wildman–Crippen LogP) is 3.68. The van der Waals surface area contributed by atoms with Gasteiger partial charge in [-0.2, -0.15) is 0 Å². The van der Waals surface area contributed by atoms with Gasteiger partial charge in [0.25, 0.3) is 11.8 Å². The average molecular weight is 370 g/mol. The molecule has 2 heterocycles. The maximum atomic E-state index is 12.9. The summed E-state index contributed by atoms with van der Waals surface area (Å²) in [5, 5.41) is 5.08. The van der Waals surface area contributed by atoms with Crippen LogP contribution in [-0.4, -0.2) is 36.5 Å². The van der Waals surface area contributed by atoms with Crippen LogP contribution in [0.3, 0.4) is 0 Å². The first kappa shape index (κ1) is 18.4. The van der Waals surface area contributed by atoms with Crippen molar-refractivity contribution >= 4 is 34.4 Å². The Kier molecular flexibility index (Phi) is 5.85. The Hall–Kier alpha value is -2.44. The molecule has 0 saturated heterocycles. The summed E-state index contributed by atoms with van der Waals surface area (Å²) in [6, 6.07) is 11.5. The summed E-state index contributed by atoms with van der Waals surface area (Å²) in [6.07, 6.45) is 0.626. The molecule has 0 spiro atoms. The molecule has 0 saturated carbocycles. The zero-order chi connectivity index (χ0) is 18.5. The summed E-state index contributed by atoms with van der Waals surface area (Å²) in [7, 11) is 0. The largest absolute Gasteiger partial charge is 0.382 e. The van der Waals surface area contributed by atoms with E-state index >= 15 is 0 Å². The van der Waals surface area contributed by atoms with Crippen LogP contribution in [0.25, 0.3) is 5.57 Å². The van der Waals surface area contributed by atoms with E-state index in [4.69, 9.17) is 4.74 Å². The number of amides is 2. The van der Waals surface area contributed by atoms with Gasteiger partial charge in [-0.15, -0.1) is 11.3 Å². The van der Waals surface area contributed by atoms with Crippen molar-refractivity contribution in [1.29, 1.82) is 0 Å². The molecule has 0 bridgehead atoms. The molecule has 1 aliphatic heterocycles. The number of ether oxygens (including phenoxy) is 1. The number of carbonyl (C=O) groups excluding carboxylic acids is 2. The van der Waals surface area contributed by atoms with Crippen molar-refractivity contribution in [3.63, 3.8) is 0 Å². The summed E-state index contributed by atoms with van der Waals surface area (Å²) >= 11 is 1.46. The smallest absolute Gasteiger partial charge is 0.278 e. The third-order valence-electron chi connectivity index (χ3n) is 4.10. The number of carbonyl (C=O) groups is 2.